The number of rotatable bonds is 1. The first-order valence-electron chi connectivity index (χ1n) is 4.55. The van der Waals surface area contributed by atoms with Gasteiger partial charge >= 0.3 is 35.8 Å². The van der Waals surface area contributed by atoms with E-state index < -0.39 is 47.5 Å². The van der Waals surface area contributed by atoms with Gasteiger partial charge in [0.2, 0.25) is 0 Å². The number of likely N-dealkylation sites (tertiary alicyclic amines) is 1. The topological polar surface area (TPSA) is 3.24 Å². The van der Waals surface area contributed by atoms with Crippen molar-refractivity contribution >= 4 is 0 Å². The Morgan fingerprint density at radius 2 is 0.714 bits per heavy atom. The van der Waals surface area contributed by atoms with Crippen LogP contribution in [0.1, 0.15) is 0 Å². The number of nitrogens with zero attached hydrogens (tertiary/aromatic N) is 1. The lowest BCUT2D eigenvalue weighted by Gasteiger charge is -2.36. The van der Waals surface area contributed by atoms with Gasteiger partial charge in [0.25, 0.3) is 0 Å². The van der Waals surface area contributed by atoms with Crippen molar-refractivity contribution < 1.29 is 57.1 Å². The first kappa shape index (κ1) is 18.1. The van der Waals surface area contributed by atoms with Gasteiger partial charge in [-0.25, -0.2) is 4.39 Å². The Bertz CT molecular complexity index is 388. The number of hydrogen-bond acceptors (Lipinski definition) is 1. The highest BCUT2D eigenvalue weighted by atomic mass is 19.4. The van der Waals surface area contributed by atoms with Crippen LogP contribution >= 0.6 is 0 Å². The molecule has 126 valence electrons. The molecule has 1 saturated heterocycles. The molecule has 14 heteroatoms. The van der Waals surface area contributed by atoms with Crippen LogP contribution in [0.15, 0.2) is 0 Å². The molecule has 0 aliphatic carbocycles. The van der Waals surface area contributed by atoms with Crippen molar-refractivity contribution in [2.75, 3.05) is 6.80 Å². The van der Waals surface area contributed by atoms with Gasteiger partial charge in [-0.1, -0.05) is 0 Å². The number of hydrogen-bond donors (Lipinski definition) is 0. The Labute approximate surface area is 106 Å². The van der Waals surface area contributed by atoms with Crippen molar-refractivity contribution in [1.82, 2.24) is 4.90 Å². The smallest absolute Gasteiger partial charge is 0.233 e. The Kier molecular flexibility index (Phi) is 3.51. The van der Waals surface area contributed by atoms with E-state index in [1.165, 1.54) is 0 Å². The summed E-state index contributed by atoms with van der Waals surface area (Å²) >= 11 is 0. The van der Waals surface area contributed by atoms with Crippen molar-refractivity contribution in [3.8, 4) is 0 Å². The highest BCUT2D eigenvalue weighted by Crippen LogP contribution is 2.65. The van der Waals surface area contributed by atoms with Gasteiger partial charge in [-0.05, 0) is 0 Å². The van der Waals surface area contributed by atoms with Crippen LogP contribution in [0.4, 0.5) is 57.1 Å². The van der Waals surface area contributed by atoms with E-state index in [1.54, 1.807) is 0 Å². The monoisotopic (exact) mass is 347 g/mol. The normalized spacial score (nSPS) is 32.4. The minimum atomic E-state index is -7.60. The molecule has 0 aromatic rings. The van der Waals surface area contributed by atoms with Gasteiger partial charge in [-0.15, -0.1) is 4.90 Å². The van der Waals surface area contributed by atoms with Crippen molar-refractivity contribution in [1.29, 1.82) is 0 Å². The standard InChI is InChI=1S/C7H2F13N/c8-1-21-6(17,18)4(13,14)2(9,10)3(11,12)5(15,16)7(21,19)20/h1H2. The molecule has 0 radical (unpaired) electrons. The van der Waals surface area contributed by atoms with Crippen LogP contribution in [0, 0.1) is 0 Å². The molecule has 1 nitrogen and oxygen atoms in total. The van der Waals surface area contributed by atoms with Crippen LogP contribution in [0.5, 0.6) is 0 Å². The maximum absolute atomic E-state index is 12.9. The second-order valence-corrected chi connectivity index (χ2v) is 3.93. The van der Waals surface area contributed by atoms with Gasteiger partial charge in [-0.3, -0.25) is 0 Å². The molecule has 0 spiro atoms. The largest absolute Gasteiger partial charge is 0.393 e. The minimum absolute atomic E-state index is 3.03. The van der Waals surface area contributed by atoms with Gasteiger partial charge in [0.1, 0.15) is 0 Å². The molecule has 1 rings (SSSR count). The Hall–Kier alpha value is -0.950. The van der Waals surface area contributed by atoms with Gasteiger partial charge < -0.3 is 0 Å². The van der Waals surface area contributed by atoms with E-state index in [9.17, 15) is 57.1 Å². The summed E-state index contributed by atoms with van der Waals surface area (Å²) in [6, 6.07) is -14.1. The summed E-state index contributed by atoms with van der Waals surface area (Å²) in [7, 11) is 0. The van der Waals surface area contributed by atoms with E-state index in [-0.39, 0.29) is 0 Å². The molecule has 1 heterocycles. The van der Waals surface area contributed by atoms with E-state index in [1.807, 2.05) is 0 Å². The molecule has 21 heavy (non-hydrogen) atoms. The van der Waals surface area contributed by atoms with Crippen LogP contribution in [0.25, 0.3) is 0 Å². The first-order valence-corrected chi connectivity index (χ1v) is 4.55. The molecule has 0 atom stereocenters. The fourth-order valence-electron chi connectivity index (χ4n) is 1.44. The molecule has 0 N–H and O–H groups in total. The summed E-state index contributed by atoms with van der Waals surface area (Å²) < 4.78 is 166. The lowest BCUT2D eigenvalue weighted by Crippen LogP contribution is -2.66. The third-order valence-corrected chi connectivity index (χ3v) is 2.74. The number of alkyl halides is 13. The van der Waals surface area contributed by atoms with E-state index in [4.69, 9.17) is 0 Å². The molecule has 0 aromatic heterocycles. The lowest BCUT2D eigenvalue weighted by atomic mass is 9.99. The van der Waals surface area contributed by atoms with E-state index in [0.717, 1.165) is 0 Å². The lowest BCUT2D eigenvalue weighted by molar-refractivity contribution is -0.397. The number of halogens is 13. The molecule has 1 fully saturated rings. The van der Waals surface area contributed by atoms with E-state index in [0.29, 0.717) is 0 Å². The summed E-state index contributed by atoms with van der Waals surface area (Å²) in [4.78, 5) is -3.03. The van der Waals surface area contributed by atoms with Crippen molar-refractivity contribution in [2.45, 2.75) is 35.8 Å². The third kappa shape index (κ3) is 1.64. The van der Waals surface area contributed by atoms with Crippen LogP contribution in [-0.2, 0) is 0 Å². The Morgan fingerprint density at radius 3 is 0.905 bits per heavy atom. The average molecular weight is 347 g/mol. The summed E-state index contributed by atoms with van der Waals surface area (Å²) in [6.45, 7) is -3.53. The van der Waals surface area contributed by atoms with E-state index >= 15 is 0 Å². The van der Waals surface area contributed by atoms with Crippen LogP contribution in [0.3, 0.4) is 0 Å². The fourth-order valence-corrected chi connectivity index (χ4v) is 1.44. The summed E-state index contributed by atoms with van der Waals surface area (Å²) in [5.74, 6) is -30.0. The summed E-state index contributed by atoms with van der Waals surface area (Å²) in [5, 5.41) is 0. The van der Waals surface area contributed by atoms with Gasteiger partial charge in [0.15, 0.2) is 6.80 Å². The highest BCUT2D eigenvalue weighted by Gasteiger charge is 2.96. The van der Waals surface area contributed by atoms with Gasteiger partial charge in [0.05, 0.1) is 0 Å². The average Bonchev–Trinajstić information content (AvgIpc) is 2.27. The zero-order valence-corrected chi connectivity index (χ0v) is 9.07. The van der Waals surface area contributed by atoms with Crippen molar-refractivity contribution in [2.24, 2.45) is 0 Å². The Balaban J connectivity index is 3.86. The van der Waals surface area contributed by atoms with Crippen LogP contribution in [-0.4, -0.2) is 47.5 Å². The van der Waals surface area contributed by atoms with Gasteiger partial charge in [0, 0.05) is 0 Å². The molecular formula is C7H2F13N. The third-order valence-electron chi connectivity index (χ3n) is 2.74. The maximum atomic E-state index is 12.9. The molecule has 0 aromatic carbocycles. The SMILES string of the molecule is FCN1C(F)(F)C(F)(F)C(F)(F)C(F)(F)C(F)(F)C1(F)F. The van der Waals surface area contributed by atoms with E-state index in [2.05, 4.69) is 0 Å². The zero-order valence-electron chi connectivity index (χ0n) is 9.07. The Morgan fingerprint density at radius 1 is 0.476 bits per heavy atom. The van der Waals surface area contributed by atoms with Crippen molar-refractivity contribution in [3.63, 3.8) is 0 Å². The maximum Gasteiger partial charge on any atom is 0.393 e. The predicted octanol–water partition coefficient (Wildman–Crippen LogP) is 3.96. The molecule has 1 aliphatic rings. The quantitative estimate of drug-likeness (QED) is 0.513. The predicted molar refractivity (Wildman–Crippen MR) is 37.5 cm³/mol. The second kappa shape index (κ2) is 4.07. The fraction of sp³-hybridized carbons (Fsp3) is 1.00. The molecule has 0 saturated carbocycles. The second-order valence-electron chi connectivity index (χ2n) is 3.93. The highest BCUT2D eigenvalue weighted by molar-refractivity contribution is 5.15. The molecule has 1 aliphatic heterocycles. The van der Waals surface area contributed by atoms with Gasteiger partial charge in [-0.2, -0.15) is 52.7 Å². The molecule has 0 bridgehead atoms. The molecule has 0 unspecified atom stereocenters. The van der Waals surface area contributed by atoms with Crippen LogP contribution in [0.2, 0.25) is 0 Å². The van der Waals surface area contributed by atoms with Crippen molar-refractivity contribution in [3.05, 3.63) is 0 Å². The molecule has 0 amide bonds. The van der Waals surface area contributed by atoms with Crippen LogP contribution < -0.4 is 0 Å². The first-order chi connectivity index (χ1) is 8.94. The zero-order chi connectivity index (χ0) is 17.3. The summed E-state index contributed by atoms with van der Waals surface area (Å²) in [6.07, 6.45) is 0. The minimum Gasteiger partial charge on any atom is -0.233 e. The molecular weight excluding hydrogens is 345 g/mol. The summed E-state index contributed by atoms with van der Waals surface area (Å²) in [5.41, 5.74) is 0.